The predicted molar refractivity (Wildman–Crippen MR) is 122 cm³/mol. The summed E-state index contributed by atoms with van der Waals surface area (Å²) in [6, 6.07) is 24.5. The predicted octanol–water partition coefficient (Wildman–Crippen LogP) is 4.68. The highest BCUT2D eigenvalue weighted by Crippen LogP contribution is 2.22. The van der Waals surface area contributed by atoms with Crippen molar-refractivity contribution in [1.82, 2.24) is 4.98 Å². The second kappa shape index (κ2) is 9.74. The molecule has 3 aromatic carbocycles. The third-order valence-corrected chi connectivity index (χ3v) is 4.83. The lowest BCUT2D eigenvalue weighted by atomic mass is 10.0. The van der Waals surface area contributed by atoms with Crippen molar-refractivity contribution in [3.63, 3.8) is 0 Å². The van der Waals surface area contributed by atoms with Crippen LogP contribution in [0.3, 0.4) is 0 Å². The number of hydrogen-bond donors (Lipinski definition) is 1. The molecule has 0 saturated carbocycles. The molecule has 33 heavy (non-hydrogen) atoms. The summed E-state index contributed by atoms with van der Waals surface area (Å²) in [7, 11) is 0. The Morgan fingerprint density at radius 2 is 1.52 bits per heavy atom. The number of carbonyl (C=O) groups is 3. The van der Waals surface area contributed by atoms with Gasteiger partial charge in [-0.25, -0.2) is 9.78 Å². The quantitative estimate of drug-likeness (QED) is 0.331. The molecule has 0 bridgehead atoms. The summed E-state index contributed by atoms with van der Waals surface area (Å²) in [5.41, 5.74) is 1.89. The minimum absolute atomic E-state index is 0.00121. The zero-order valence-corrected chi connectivity index (χ0v) is 17.8. The van der Waals surface area contributed by atoms with E-state index < -0.39 is 18.5 Å². The normalized spacial score (nSPS) is 10.5. The van der Waals surface area contributed by atoms with E-state index in [1.165, 1.54) is 0 Å². The SMILES string of the molecule is Cc1oc(-c2ccccc2)nc1C(=O)OCC(=O)Nc1ccccc1C(=O)c1ccccc1. The molecule has 0 spiro atoms. The zero-order chi connectivity index (χ0) is 23.2. The average molecular weight is 440 g/mol. The minimum Gasteiger partial charge on any atom is -0.451 e. The maximum Gasteiger partial charge on any atom is 0.361 e. The lowest BCUT2D eigenvalue weighted by Crippen LogP contribution is -2.22. The van der Waals surface area contributed by atoms with Crippen molar-refractivity contribution in [1.29, 1.82) is 0 Å². The Labute approximate surface area is 190 Å². The van der Waals surface area contributed by atoms with Gasteiger partial charge in [0.25, 0.3) is 5.91 Å². The first-order valence-corrected chi connectivity index (χ1v) is 10.2. The van der Waals surface area contributed by atoms with Crippen molar-refractivity contribution < 1.29 is 23.5 Å². The van der Waals surface area contributed by atoms with Gasteiger partial charge in [0.1, 0.15) is 5.76 Å². The molecule has 1 heterocycles. The van der Waals surface area contributed by atoms with Gasteiger partial charge in [0, 0.05) is 16.7 Å². The number of benzene rings is 3. The highest BCUT2D eigenvalue weighted by Gasteiger charge is 2.21. The van der Waals surface area contributed by atoms with Crippen LogP contribution in [0.25, 0.3) is 11.5 Å². The Morgan fingerprint density at radius 1 is 0.879 bits per heavy atom. The van der Waals surface area contributed by atoms with Gasteiger partial charge >= 0.3 is 5.97 Å². The van der Waals surface area contributed by atoms with Gasteiger partial charge in [-0.05, 0) is 31.2 Å². The molecule has 0 aliphatic heterocycles. The van der Waals surface area contributed by atoms with E-state index in [0.717, 1.165) is 5.56 Å². The molecule has 0 aliphatic carbocycles. The van der Waals surface area contributed by atoms with E-state index in [9.17, 15) is 14.4 Å². The summed E-state index contributed by atoms with van der Waals surface area (Å²) in [6.07, 6.45) is 0. The Balaban J connectivity index is 1.41. The summed E-state index contributed by atoms with van der Waals surface area (Å²) in [5.74, 6) is -1.01. The number of rotatable bonds is 7. The van der Waals surface area contributed by atoms with E-state index in [4.69, 9.17) is 9.15 Å². The Morgan fingerprint density at radius 3 is 2.24 bits per heavy atom. The number of aromatic nitrogens is 1. The summed E-state index contributed by atoms with van der Waals surface area (Å²) < 4.78 is 10.7. The van der Waals surface area contributed by atoms with Crippen molar-refractivity contribution in [2.45, 2.75) is 6.92 Å². The van der Waals surface area contributed by atoms with Gasteiger partial charge in [0.2, 0.25) is 5.89 Å². The van der Waals surface area contributed by atoms with Crippen molar-refractivity contribution in [2.75, 3.05) is 11.9 Å². The van der Waals surface area contributed by atoms with E-state index in [0.29, 0.717) is 16.8 Å². The van der Waals surface area contributed by atoms with Crippen LogP contribution in [0, 0.1) is 6.92 Å². The lowest BCUT2D eigenvalue weighted by molar-refractivity contribution is -0.119. The molecule has 1 amide bonds. The average Bonchev–Trinajstić information content (AvgIpc) is 3.25. The number of para-hydroxylation sites is 1. The maximum absolute atomic E-state index is 12.8. The molecule has 0 unspecified atom stereocenters. The standard InChI is InChI=1S/C26H20N2O5/c1-17-23(28-25(33-17)19-12-6-3-7-13-19)26(31)32-16-22(29)27-21-15-9-8-14-20(21)24(30)18-10-4-2-5-11-18/h2-15H,16H2,1H3,(H,27,29). The number of esters is 1. The first kappa shape index (κ1) is 21.7. The molecular formula is C26H20N2O5. The molecule has 0 atom stereocenters. The van der Waals surface area contributed by atoms with E-state index in [-0.39, 0.29) is 23.1 Å². The molecule has 1 N–H and O–H groups in total. The fourth-order valence-electron chi connectivity index (χ4n) is 3.21. The van der Waals surface area contributed by atoms with Gasteiger partial charge in [0.15, 0.2) is 18.1 Å². The smallest absolute Gasteiger partial charge is 0.361 e. The molecule has 0 fully saturated rings. The first-order chi connectivity index (χ1) is 16.0. The van der Waals surface area contributed by atoms with Crippen LogP contribution >= 0.6 is 0 Å². The molecule has 0 saturated heterocycles. The van der Waals surface area contributed by atoms with Crippen LogP contribution in [0.2, 0.25) is 0 Å². The van der Waals surface area contributed by atoms with Crippen LogP contribution < -0.4 is 5.32 Å². The summed E-state index contributed by atoms with van der Waals surface area (Å²) in [6.45, 7) is 1.06. The molecule has 7 nitrogen and oxygen atoms in total. The Bertz CT molecular complexity index is 1300. The summed E-state index contributed by atoms with van der Waals surface area (Å²) >= 11 is 0. The molecule has 1 aromatic heterocycles. The number of amides is 1. The minimum atomic E-state index is -0.776. The number of carbonyl (C=O) groups excluding carboxylic acids is 3. The summed E-state index contributed by atoms with van der Waals surface area (Å²) in [5, 5.41) is 2.63. The van der Waals surface area contributed by atoms with Gasteiger partial charge in [0.05, 0.1) is 5.69 Å². The molecule has 4 rings (SSSR count). The van der Waals surface area contributed by atoms with E-state index in [1.807, 2.05) is 36.4 Å². The topological polar surface area (TPSA) is 98.5 Å². The van der Waals surface area contributed by atoms with Crippen molar-refractivity contribution >= 4 is 23.3 Å². The van der Waals surface area contributed by atoms with E-state index in [1.54, 1.807) is 55.5 Å². The Hall–Kier alpha value is -4.52. The van der Waals surface area contributed by atoms with Crippen molar-refractivity contribution in [3.05, 3.63) is 108 Å². The van der Waals surface area contributed by atoms with E-state index in [2.05, 4.69) is 10.3 Å². The Kier molecular flexibility index (Phi) is 6.40. The molecule has 164 valence electrons. The third kappa shape index (κ3) is 5.04. The number of ketones is 1. The molecule has 0 radical (unpaired) electrons. The van der Waals surface area contributed by atoms with Gasteiger partial charge in [-0.2, -0.15) is 0 Å². The number of ether oxygens (including phenoxy) is 1. The highest BCUT2D eigenvalue weighted by atomic mass is 16.5. The van der Waals surface area contributed by atoms with Crippen LogP contribution in [0.1, 0.15) is 32.2 Å². The summed E-state index contributed by atoms with van der Waals surface area (Å²) in [4.78, 5) is 41.9. The highest BCUT2D eigenvalue weighted by molar-refractivity contribution is 6.14. The third-order valence-electron chi connectivity index (χ3n) is 4.83. The van der Waals surface area contributed by atoms with Crippen molar-refractivity contribution in [3.8, 4) is 11.5 Å². The van der Waals surface area contributed by atoms with Crippen LogP contribution in [0.15, 0.2) is 89.3 Å². The second-order valence-electron chi connectivity index (χ2n) is 7.15. The van der Waals surface area contributed by atoms with Crippen LogP contribution in [-0.4, -0.2) is 29.3 Å². The molecule has 0 aliphatic rings. The molecule has 7 heteroatoms. The van der Waals surface area contributed by atoms with Gasteiger partial charge in [-0.1, -0.05) is 60.7 Å². The molecule has 4 aromatic rings. The van der Waals surface area contributed by atoms with Gasteiger partial charge in [-0.15, -0.1) is 0 Å². The second-order valence-corrected chi connectivity index (χ2v) is 7.15. The largest absolute Gasteiger partial charge is 0.451 e. The zero-order valence-electron chi connectivity index (χ0n) is 17.8. The van der Waals surface area contributed by atoms with Gasteiger partial charge in [-0.3, -0.25) is 9.59 Å². The van der Waals surface area contributed by atoms with Gasteiger partial charge < -0.3 is 14.5 Å². The maximum atomic E-state index is 12.8. The van der Waals surface area contributed by atoms with Crippen LogP contribution in [0.5, 0.6) is 0 Å². The number of anilines is 1. The number of aryl methyl sites for hydroxylation is 1. The number of nitrogens with one attached hydrogen (secondary N) is 1. The first-order valence-electron chi connectivity index (χ1n) is 10.2. The van der Waals surface area contributed by atoms with Crippen LogP contribution in [-0.2, 0) is 9.53 Å². The number of hydrogen-bond acceptors (Lipinski definition) is 6. The fraction of sp³-hybridized carbons (Fsp3) is 0.0769. The monoisotopic (exact) mass is 440 g/mol. The fourth-order valence-corrected chi connectivity index (χ4v) is 3.21. The number of oxazole rings is 1. The van der Waals surface area contributed by atoms with Crippen LogP contribution in [0.4, 0.5) is 5.69 Å². The molecular weight excluding hydrogens is 420 g/mol. The lowest BCUT2D eigenvalue weighted by Gasteiger charge is -2.10. The van der Waals surface area contributed by atoms with E-state index >= 15 is 0 Å². The number of nitrogens with zero attached hydrogens (tertiary/aromatic N) is 1. The van der Waals surface area contributed by atoms with Crippen molar-refractivity contribution in [2.24, 2.45) is 0 Å².